The van der Waals surface area contributed by atoms with Crippen molar-refractivity contribution in [2.75, 3.05) is 13.1 Å². The molecule has 0 radical (unpaired) electrons. The monoisotopic (exact) mass is 304 g/mol. The van der Waals surface area contributed by atoms with E-state index in [1.165, 1.54) is 4.70 Å². The molecule has 2 heterocycles. The summed E-state index contributed by atoms with van der Waals surface area (Å²) in [5.74, 6) is 0. The standard InChI is InChI=1S/C17H24N2OS/c1-13(2)19-10-5-8-17(20,9-11-19)12-16-18-14-6-3-4-7-15(14)21-16/h3-4,6-7,13,20H,5,8-12H2,1-2H3. The molecular weight excluding hydrogens is 280 g/mol. The molecule has 3 rings (SSSR count). The zero-order valence-electron chi connectivity index (χ0n) is 12.9. The summed E-state index contributed by atoms with van der Waals surface area (Å²) in [5.41, 5.74) is 0.468. The summed E-state index contributed by atoms with van der Waals surface area (Å²) >= 11 is 1.72. The van der Waals surface area contributed by atoms with Crippen LogP contribution in [-0.2, 0) is 6.42 Å². The number of aliphatic hydroxyl groups is 1. The maximum atomic E-state index is 11.0. The molecule has 1 aromatic heterocycles. The van der Waals surface area contributed by atoms with Gasteiger partial charge in [0.1, 0.15) is 0 Å². The van der Waals surface area contributed by atoms with Gasteiger partial charge in [0.05, 0.1) is 20.8 Å². The quantitative estimate of drug-likeness (QED) is 0.943. The molecule has 0 aliphatic carbocycles. The highest BCUT2D eigenvalue weighted by atomic mass is 32.1. The fraction of sp³-hybridized carbons (Fsp3) is 0.588. The van der Waals surface area contributed by atoms with Crippen LogP contribution in [0.3, 0.4) is 0 Å². The second kappa shape index (κ2) is 6.03. The molecule has 0 bridgehead atoms. The van der Waals surface area contributed by atoms with Gasteiger partial charge in [-0.3, -0.25) is 0 Å². The summed E-state index contributed by atoms with van der Waals surface area (Å²) in [6.45, 7) is 6.55. The number of nitrogens with zero attached hydrogens (tertiary/aromatic N) is 2. The third-order valence-electron chi connectivity index (χ3n) is 4.50. The van der Waals surface area contributed by atoms with Crippen molar-refractivity contribution in [3.63, 3.8) is 0 Å². The number of thiazole rings is 1. The summed E-state index contributed by atoms with van der Waals surface area (Å²) in [5, 5.41) is 12.0. The van der Waals surface area contributed by atoms with Gasteiger partial charge < -0.3 is 10.0 Å². The molecule has 4 heteroatoms. The minimum absolute atomic E-state index is 0.565. The highest BCUT2D eigenvalue weighted by Crippen LogP contribution is 2.30. The largest absolute Gasteiger partial charge is 0.389 e. The summed E-state index contributed by atoms with van der Waals surface area (Å²) in [6.07, 6.45) is 3.49. The molecule has 1 fully saturated rings. The Balaban J connectivity index is 1.73. The number of hydrogen-bond donors (Lipinski definition) is 1. The SMILES string of the molecule is CC(C)N1CCCC(O)(Cc2nc3ccccc3s2)CC1. The predicted octanol–water partition coefficient (Wildman–Crippen LogP) is 3.46. The normalized spacial score (nSPS) is 24.6. The van der Waals surface area contributed by atoms with Crippen LogP contribution in [0, 0.1) is 0 Å². The highest BCUT2D eigenvalue weighted by Gasteiger charge is 2.32. The van der Waals surface area contributed by atoms with Crippen LogP contribution in [0.15, 0.2) is 24.3 Å². The average molecular weight is 304 g/mol. The first kappa shape index (κ1) is 14.9. The number of para-hydroxylation sites is 1. The molecule has 1 unspecified atom stereocenters. The molecule has 1 N–H and O–H groups in total. The average Bonchev–Trinajstić information content (AvgIpc) is 2.73. The minimum Gasteiger partial charge on any atom is -0.389 e. The zero-order valence-corrected chi connectivity index (χ0v) is 13.7. The van der Waals surface area contributed by atoms with Crippen LogP contribution in [0.25, 0.3) is 10.2 Å². The fourth-order valence-corrected chi connectivity index (χ4v) is 4.27. The Labute approximate surface area is 130 Å². The Kier molecular flexibility index (Phi) is 4.29. The van der Waals surface area contributed by atoms with Gasteiger partial charge >= 0.3 is 0 Å². The summed E-state index contributed by atoms with van der Waals surface area (Å²) in [7, 11) is 0. The molecule has 1 aromatic carbocycles. The minimum atomic E-state index is -0.586. The maximum absolute atomic E-state index is 11.0. The van der Waals surface area contributed by atoms with E-state index >= 15 is 0 Å². The van der Waals surface area contributed by atoms with Gasteiger partial charge in [-0.05, 0) is 51.8 Å². The van der Waals surface area contributed by atoms with Gasteiger partial charge in [0, 0.05) is 19.0 Å². The number of benzene rings is 1. The van der Waals surface area contributed by atoms with E-state index < -0.39 is 5.60 Å². The molecular formula is C17H24N2OS. The Morgan fingerprint density at radius 2 is 2.10 bits per heavy atom. The number of hydrogen-bond acceptors (Lipinski definition) is 4. The van der Waals surface area contributed by atoms with Crippen LogP contribution < -0.4 is 0 Å². The zero-order chi connectivity index (χ0) is 14.9. The van der Waals surface area contributed by atoms with Crippen LogP contribution in [0.2, 0.25) is 0 Å². The number of likely N-dealkylation sites (tertiary alicyclic amines) is 1. The lowest BCUT2D eigenvalue weighted by atomic mass is 9.91. The van der Waals surface area contributed by atoms with Crippen molar-refractivity contribution in [1.82, 2.24) is 9.88 Å². The molecule has 21 heavy (non-hydrogen) atoms. The van der Waals surface area contributed by atoms with Crippen molar-refractivity contribution >= 4 is 21.6 Å². The van der Waals surface area contributed by atoms with Crippen LogP contribution in [0.4, 0.5) is 0 Å². The first-order valence-electron chi connectivity index (χ1n) is 7.87. The molecule has 1 aliphatic rings. The highest BCUT2D eigenvalue weighted by molar-refractivity contribution is 7.18. The number of rotatable bonds is 3. The van der Waals surface area contributed by atoms with Gasteiger partial charge in [-0.2, -0.15) is 0 Å². The molecule has 0 amide bonds. The molecule has 1 saturated heterocycles. The molecule has 3 nitrogen and oxygen atoms in total. The van der Waals surface area contributed by atoms with Crippen molar-refractivity contribution in [1.29, 1.82) is 0 Å². The van der Waals surface area contributed by atoms with Gasteiger partial charge in [-0.1, -0.05) is 12.1 Å². The van der Waals surface area contributed by atoms with Crippen LogP contribution in [0.1, 0.15) is 38.1 Å². The topological polar surface area (TPSA) is 36.4 Å². The van der Waals surface area contributed by atoms with E-state index in [4.69, 9.17) is 0 Å². The smallest absolute Gasteiger partial charge is 0.0967 e. The van der Waals surface area contributed by atoms with Crippen molar-refractivity contribution in [2.24, 2.45) is 0 Å². The Bertz CT molecular complexity index is 577. The van der Waals surface area contributed by atoms with E-state index in [2.05, 4.69) is 29.8 Å². The van der Waals surface area contributed by atoms with Crippen molar-refractivity contribution in [3.05, 3.63) is 29.3 Å². The van der Waals surface area contributed by atoms with Gasteiger partial charge in [-0.25, -0.2) is 4.98 Å². The van der Waals surface area contributed by atoms with Crippen molar-refractivity contribution < 1.29 is 5.11 Å². The number of fused-ring (bicyclic) bond motifs is 1. The Morgan fingerprint density at radius 1 is 1.29 bits per heavy atom. The van der Waals surface area contributed by atoms with Crippen molar-refractivity contribution in [2.45, 2.75) is 51.2 Å². The summed E-state index contributed by atoms with van der Waals surface area (Å²) < 4.78 is 1.22. The second-order valence-corrected chi connectivity index (χ2v) is 7.57. The van der Waals surface area contributed by atoms with Crippen LogP contribution in [0.5, 0.6) is 0 Å². The summed E-state index contributed by atoms with van der Waals surface area (Å²) in [4.78, 5) is 7.15. The van der Waals surface area contributed by atoms with Crippen molar-refractivity contribution in [3.8, 4) is 0 Å². The van der Waals surface area contributed by atoms with E-state index in [-0.39, 0.29) is 0 Å². The lowest BCUT2D eigenvalue weighted by Gasteiger charge is -2.27. The maximum Gasteiger partial charge on any atom is 0.0967 e. The first-order chi connectivity index (χ1) is 10.1. The Hall–Kier alpha value is -0.970. The molecule has 114 valence electrons. The van der Waals surface area contributed by atoms with E-state index in [0.29, 0.717) is 12.5 Å². The third-order valence-corrected chi connectivity index (χ3v) is 5.54. The third kappa shape index (κ3) is 3.44. The first-order valence-corrected chi connectivity index (χ1v) is 8.68. The fourth-order valence-electron chi connectivity index (χ4n) is 3.17. The van der Waals surface area contributed by atoms with Crippen LogP contribution >= 0.6 is 11.3 Å². The van der Waals surface area contributed by atoms with Gasteiger partial charge in [0.15, 0.2) is 0 Å². The lowest BCUT2D eigenvalue weighted by molar-refractivity contribution is 0.0249. The van der Waals surface area contributed by atoms with Gasteiger partial charge in [0.25, 0.3) is 0 Å². The van der Waals surface area contributed by atoms with E-state index in [1.807, 2.05) is 18.2 Å². The lowest BCUT2D eigenvalue weighted by Crippen LogP contribution is -2.35. The van der Waals surface area contributed by atoms with E-state index in [0.717, 1.165) is 42.9 Å². The van der Waals surface area contributed by atoms with E-state index in [9.17, 15) is 5.11 Å². The molecule has 1 aliphatic heterocycles. The molecule has 1 atom stereocenters. The number of aromatic nitrogens is 1. The second-order valence-electron chi connectivity index (χ2n) is 6.46. The Morgan fingerprint density at radius 3 is 2.86 bits per heavy atom. The van der Waals surface area contributed by atoms with Crippen LogP contribution in [-0.4, -0.2) is 39.7 Å². The molecule has 0 saturated carbocycles. The molecule has 2 aromatic rings. The van der Waals surface area contributed by atoms with Gasteiger partial charge in [0.2, 0.25) is 0 Å². The molecule has 0 spiro atoms. The van der Waals surface area contributed by atoms with Gasteiger partial charge in [-0.15, -0.1) is 11.3 Å². The van der Waals surface area contributed by atoms with E-state index in [1.54, 1.807) is 11.3 Å². The summed E-state index contributed by atoms with van der Waals surface area (Å²) in [6, 6.07) is 8.79. The predicted molar refractivity (Wildman–Crippen MR) is 88.8 cm³/mol.